The third kappa shape index (κ3) is 4.97. The number of hydrogen-bond donors (Lipinski definition) is 1. The van der Waals surface area contributed by atoms with Gasteiger partial charge in [0.2, 0.25) is 0 Å². The molecule has 0 unspecified atom stereocenters. The molecule has 8 heteroatoms. The molecule has 0 saturated carbocycles. The summed E-state index contributed by atoms with van der Waals surface area (Å²) in [5.74, 6) is 0.573. The summed E-state index contributed by atoms with van der Waals surface area (Å²) in [6.45, 7) is 5.94. The smallest absolute Gasteiger partial charge is 0.311 e. The van der Waals surface area contributed by atoms with Gasteiger partial charge < -0.3 is 14.2 Å². The predicted molar refractivity (Wildman–Crippen MR) is 101 cm³/mol. The van der Waals surface area contributed by atoms with Gasteiger partial charge in [-0.2, -0.15) is 0 Å². The Morgan fingerprint density at radius 2 is 2.19 bits per heavy atom. The lowest BCUT2D eigenvalue weighted by atomic mass is 10.0. The van der Waals surface area contributed by atoms with Crippen molar-refractivity contribution in [2.24, 2.45) is 0 Å². The van der Waals surface area contributed by atoms with Crippen LogP contribution in [0.3, 0.4) is 0 Å². The van der Waals surface area contributed by atoms with Crippen LogP contribution in [-0.4, -0.2) is 35.7 Å². The number of carbonyl (C=O) groups excluding carboxylic acids is 2. The zero-order valence-electron chi connectivity index (χ0n) is 15.5. The molecular weight excluding hydrogens is 368 g/mol. The van der Waals surface area contributed by atoms with Crippen LogP contribution in [0, 0.1) is 0 Å². The highest BCUT2D eigenvalue weighted by Gasteiger charge is 2.32. The average Bonchev–Trinajstić information content (AvgIpc) is 3.15. The Hall–Kier alpha value is -2.61. The number of para-hydroxylation sites is 1. The number of thiazole rings is 1. The number of benzene rings is 1. The number of anilines is 1. The van der Waals surface area contributed by atoms with E-state index in [0.717, 1.165) is 12.0 Å². The lowest BCUT2D eigenvalue weighted by Gasteiger charge is -2.18. The van der Waals surface area contributed by atoms with Gasteiger partial charge in [0.15, 0.2) is 23.2 Å². The number of carbonyl (C=O) groups is 2. The number of ether oxygens (including phenoxy) is 3. The molecular formula is C19H22N2O5S. The number of nitrogens with one attached hydrogen (secondary N) is 1. The van der Waals surface area contributed by atoms with Crippen molar-refractivity contribution in [3.8, 4) is 11.5 Å². The van der Waals surface area contributed by atoms with Gasteiger partial charge in [0.25, 0.3) is 5.91 Å². The van der Waals surface area contributed by atoms with Crippen LogP contribution < -0.4 is 14.8 Å². The Morgan fingerprint density at radius 1 is 1.37 bits per heavy atom. The SMILES string of the molecule is CCOC(=O)Cc1csc(NC(=O)COc2cccc3c2OC(C)(C)C3)n1. The summed E-state index contributed by atoms with van der Waals surface area (Å²) < 4.78 is 16.5. The van der Waals surface area contributed by atoms with Crippen molar-refractivity contribution in [2.45, 2.75) is 39.2 Å². The molecule has 3 rings (SSSR count). The van der Waals surface area contributed by atoms with E-state index in [2.05, 4.69) is 10.3 Å². The molecule has 0 radical (unpaired) electrons. The van der Waals surface area contributed by atoms with Gasteiger partial charge in [-0.05, 0) is 26.8 Å². The van der Waals surface area contributed by atoms with Gasteiger partial charge in [-0.3, -0.25) is 14.9 Å². The van der Waals surface area contributed by atoms with E-state index in [9.17, 15) is 9.59 Å². The van der Waals surface area contributed by atoms with E-state index in [1.165, 1.54) is 11.3 Å². The number of aromatic nitrogens is 1. The molecule has 7 nitrogen and oxygen atoms in total. The van der Waals surface area contributed by atoms with Gasteiger partial charge in [0.05, 0.1) is 18.7 Å². The third-order valence-corrected chi connectivity index (χ3v) is 4.65. The maximum absolute atomic E-state index is 12.1. The highest BCUT2D eigenvalue weighted by molar-refractivity contribution is 7.13. The van der Waals surface area contributed by atoms with Gasteiger partial charge in [0.1, 0.15) is 5.60 Å². The standard InChI is InChI=1S/C19H22N2O5S/c1-4-24-16(23)8-13-11-27-18(20-13)21-15(22)10-25-14-7-5-6-12-9-19(2,3)26-17(12)14/h5-7,11H,4,8-10H2,1-3H3,(H,20,21,22). The largest absolute Gasteiger partial charge is 0.483 e. The number of amides is 1. The van der Waals surface area contributed by atoms with E-state index in [4.69, 9.17) is 14.2 Å². The van der Waals surface area contributed by atoms with Crippen molar-refractivity contribution in [3.05, 3.63) is 34.8 Å². The zero-order valence-corrected chi connectivity index (χ0v) is 16.4. The van der Waals surface area contributed by atoms with Crippen LogP contribution in [0.5, 0.6) is 11.5 Å². The Labute approximate surface area is 161 Å². The van der Waals surface area contributed by atoms with Crippen LogP contribution in [0.1, 0.15) is 32.0 Å². The Bertz CT molecular complexity index is 846. The van der Waals surface area contributed by atoms with Gasteiger partial charge in [-0.15, -0.1) is 11.3 Å². The van der Waals surface area contributed by atoms with Crippen molar-refractivity contribution in [1.29, 1.82) is 0 Å². The molecule has 2 heterocycles. The highest BCUT2D eigenvalue weighted by Crippen LogP contribution is 2.41. The average molecular weight is 390 g/mol. The minimum atomic E-state index is -0.343. The van der Waals surface area contributed by atoms with E-state index < -0.39 is 0 Å². The number of nitrogens with zero attached hydrogens (tertiary/aromatic N) is 1. The molecule has 0 fully saturated rings. The normalized spacial score (nSPS) is 14.2. The predicted octanol–water partition coefficient (Wildman–Crippen LogP) is 2.98. The molecule has 0 bridgehead atoms. The van der Waals surface area contributed by atoms with Crippen molar-refractivity contribution in [3.63, 3.8) is 0 Å². The summed E-state index contributed by atoms with van der Waals surface area (Å²) in [6.07, 6.45) is 0.883. The second kappa shape index (κ2) is 7.96. The first kappa shape index (κ1) is 19.2. The fraction of sp³-hybridized carbons (Fsp3) is 0.421. The lowest BCUT2D eigenvalue weighted by Crippen LogP contribution is -2.25. The maximum atomic E-state index is 12.1. The second-order valence-electron chi connectivity index (χ2n) is 6.75. The van der Waals surface area contributed by atoms with Crippen LogP contribution in [0.4, 0.5) is 5.13 Å². The summed E-state index contributed by atoms with van der Waals surface area (Å²) in [6, 6.07) is 5.67. The van der Waals surface area contributed by atoms with Crippen LogP contribution in [0.2, 0.25) is 0 Å². The summed E-state index contributed by atoms with van der Waals surface area (Å²) >= 11 is 1.25. The second-order valence-corrected chi connectivity index (χ2v) is 7.60. The summed E-state index contributed by atoms with van der Waals surface area (Å²) in [7, 11) is 0. The van der Waals surface area contributed by atoms with Crippen LogP contribution in [0.25, 0.3) is 0 Å². The molecule has 2 aromatic rings. The van der Waals surface area contributed by atoms with E-state index in [0.29, 0.717) is 28.9 Å². The first-order valence-electron chi connectivity index (χ1n) is 8.70. The molecule has 1 aliphatic rings. The van der Waals surface area contributed by atoms with E-state index in [-0.39, 0.29) is 30.5 Å². The lowest BCUT2D eigenvalue weighted by molar-refractivity contribution is -0.142. The highest BCUT2D eigenvalue weighted by atomic mass is 32.1. The number of esters is 1. The van der Waals surface area contributed by atoms with E-state index in [1.54, 1.807) is 18.4 Å². The molecule has 1 aliphatic heterocycles. The minimum absolute atomic E-state index is 0.0833. The molecule has 0 spiro atoms. The molecule has 144 valence electrons. The van der Waals surface area contributed by atoms with Gasteiger partial charge in [0, 0.05) is 17.4 Å². The Balaban J connectivity index is 1.54. The minimum Gasteiger partial charge on any atom is -0.483 e. The molecule has 0 atom stereocenters. The molecule has 1 aromatic carbocycles. The molecule has 27 heavy (non-hydrogen) atoms. The first-order chi connectivity index (χ1) is 12.9. The Morgan fingerprint density at radius 3 is 2.96 bits per heavy atom. The van der Waals surface area contributed by atoms with Gasteiger partial charge in [-0.1, -0.05) is 12.1 Å². The van der Waals surface area contributed by atoms with Crippen molar-refractivity contribution >= 4 is 28.3 Å². The first-order valence-corrected chi connectivity index (χ1v) is 9.58. The van der Waals surface area contributed by atoms with Gasteiger partial charge >= 0.3 is 5.97 Å². The quantitative estimate of drug-likeness (QED) is 0.732. The molecule has 1 aromatic heterocycles. The number of rotatable bonds is 7. The van der Waals surface area contributed by atoms with Crippen LogP contribution in [0.15, 0.2) is 23.6 Å². The van der Waals surface area contributed by atoms with Crippen molar-refractivity contribution in [1.82, 2.24) is 4.98 Å². The maximum Gasteiger partial charge on any atom is 0.311 e. The number of fused-ring (bicyclic) bond motifs is 1. The topological polar surface area (TPSA) is 86.8 Å². The van der Waals surface area contributed by atoms with Crippen molar-refractivity contribution in [2.75, 3.05) is 18.5 Å². The van der Waals surface area contributed by atoms with Crippen LogP contribution in [-0.2, 0) is 27.2 Å². The Kier molecular flexibility index (Phi) is 5.65. The van der Waals surface area contributed by atoms with Crippen molar-refractivity contribution < 1.29 is 23.8 Å². The van der Waals surface area contributed by atoms with Crippen LogP contribution >= 0.6 is 11.3 Å². The molecule has 1 amide bonds. The molecule has 1 N–H and O–H groups in total. The monoisotopic (exact) mass is 390 g/mol. The summed E-state index contributed by atoms with van der Waals surface area (Å²) in [4.78, 5) is 27.8. The molecule has 0 saturated heterocycles. The third-order valence-electron chi connectivity index (χ3n) is 3.84. The number of hydrogen-bond acceptors (Lipinski definition) is 7. The fourth-order valence-electron chi connectivity index (χ4n) is 2.81. The summed E-state index contributed by atoms with van der Waals surface area (Å²) in [5, 5.41) is 4.80. The summed E-state index contributed by atoms with van der Waals surface area (Å²) in [5.41, 5.74) is 1.35. The van der Waals surface area contributed by atoms with E-state index in [1.807, 2.05) is 26.0 Å². The van der Waals surface area contributed by atoms with Gasteiger partial charge in [-0.25, -0.2) is 4.98 Å². The van der Waals surface area contributed by atoms with E-state index >= 15 is 0 Å². The fourth-order valence-corrected chi connectivity index (χ4v) is 3.53. The zero-order chi connectivity index (χ0) is 19.4. The molecule has 0 aliphatic carbocycles.